The molecule has 6 heteroatoms. The standard InChI is InChI=1S/C29H29N3O2S/c1-20-18-26(34-3)19-21(2)29(20)35-31-17-15-28(33)32-25-13-11-23(12-14-25)22-7-9-24(10-8-22)27-6-4-5-16-30-27/h4-14,16,18-19,31H,15,17H2,1-3H3,(H,32,33). The van der Waals surface area contributed by atoms with Crippen molar-refractivity contribution < 1.29 is 9.53 Å². The van der Waals surface area contributed by atoms with Crippen molar-refractivity contribution in [2.45, 2.75) is 25.2 Å². The Morgan fingerprint density at radius 3 is 2.11 bits per heavy atom. The zero-order valence-corrected chi connectivity index (χ0v) is 21.0. The van der Waals surface area contributed by atoms with E-state index < -0.39 is 0 Å². The molecule has 0 spiro atoms. The first-order valence-electron chi connectivity index (χ1n) is 11.5. The van der Waals surface area contributed by atoms with Gasteiger partial charge in [0, 0.05) is 35.3 Å². The molecular weight excluding hydrogens is 454 g/mol. The van der Waals surface area contributed by atoms with E-state index in [-0.39, 0.29) is 5.91 Å². The first kappa shape index (κ1) is 24.5. The summed E-state index contributed by atoms with van der Waals surface area (Å²) in [7, 11) is 1.67. The van der Waals surface area contributed by atoms with Gasteiger partial charge in [-0.25, -0.2) is 0 Å². The van der Waals surface area contributed by atoms with Gasteiger partial charge < -0.3 is 10.1 Å². The minimum atomic E-state index is -0.0197. The minimum absolute atomic E-state index is 0.0197. The van der Waals surface area contributed by atoms with E-state index in [1.165, 1.54) is 0 Å². The maximum absolute atomic E-state index is 12.4. The molecule has 5 nitrogen and oxygen atoms in total. The summed E-state index contributed by atoms with van der Waals surface area (Å²) in [5, 5.41) is 2.97. The molecule has 0 aliphatic rings. The molecule has 0 atom stereocenters. The lowest BCUT2D eigenvalue weighted by Crippen LogP contribution is -2.17. The molecule has 1 aromatic heterocycles. The number of carbonyl (C=O) groups excluding carboxylic acids is 1. The highest BCUT2D eigenvalue weighted by atomic mass is 32.2. The average molecular weight is 484 g/mol. The number of hydrogen-bond donors (Lipinski definition) is 2. The third kappa shape index (κ3) is 6.50. The second-order valence-electron chi connectivity index (χ2n) is 8.25. The SMILES string of the molecule is COc1cc(C)c(SNCCC(=O)Nc2ccc(-c3ccc(-c4ccccn4)cc3)cc2)c(C)c1. The van der Waals surface area contributed by atoms with E-state index >= 15 is 0 Å². The first-order valence-corrected chi connectivity index (χ1v) is 12.3. The Labute approximate surface area is 211 Å². The Kier molecular flexibility index (Phi) is 8.19. The second kappa shape index (κ2) is 11.7. The molecule has 3 aromatic carbocycles. The number of pyridine rings is 1. The van der Waals surface area contributed by atoms with Crippen LogP contribution in [0.2, 0.25) is 0 Å². The third-order valence-corrected chi connectivity index (χ3v) is 6.84. The fourth-order valence-corrected chi connectivity index (χ4v) is 4.60. The summed E-state index contributed by atoms with van der Waals surface area (Å²) in [4.78, 5) is 17.9. The van der Waals surface area contributed by atoms with Gasteiger partial charge in [-0.2, -0.15) is 0 Å². The monoisotopic (exact) mass is 483 g/mol. The number of aryl methyl sites for hydroxylation is 2. The van der Waals surface area contributed by atoms with Crippen LogP contribution in [-0.4, -0.2) is 24.5 Å². The number of carbonyl (C=O) groups is 1. The van der Waals surface area contributed by atoms with Crippen LogP contribution in [0.25, 0.3) is 22.4 Å². The van der Waals surface area contributed by atoms with E-state index in [2.05, 4.69) is 53.1 Å². The molecule has 0 aliphatic heterocycles. The van der Waals surface area contributed by atoms with Crippen LogP contribution < -0.4 is 14.8 Å². The molecule has 0 bridgehead atoms. The molecule has 2 N–H and O–H groups in total. The van der Waals surface area contributed by atoms with E-state index in [1.54, 1.807) is 25.3 Å². The minimum Gasteiger partial charge on any atom is -0.497 e. The van der Waals surface area contributed by atoms with Crippen LogP contribution in [0.1, 0.15) is 17.5 Å². The number of aromatic nitrogens is 1. The second-order valence-corrected chi connectivity index (χ2v) is 9.16. The highest BCUT2D eigenvalue weighted by Crippen LogP contribution is 2.29. The normalized spacial score (nSPS) is 10.7. The summed E-state index contributed by atoms with van der Waals surface area (Å²) >= 11 is 1.55. The van der Waals surface area contributed by atoms with Crippen molar-refractivity contribution >= 4 is 23.5 Å². The predicted octanol–water partition coefficient (Wildman–Crippen LogP) is 6.67. The molecule has 1 amide bonds. The Balaban J connectivity index is 1.26. The molecule has 35 heavy (non-hydrogen) atoms. The summed E-state index contributed by atoms with van der Waals surface area (Å²) in [6.07, 6.45) is 2.19. The van der Waals surface area contributed by atoms with Gasteiger partial charge in [0.25, 0.3) is 0 Å². The molecule has 0 fully saturated rings. The number of ether oxygens (including phenoxy) is 1. The van der Waals surface area contributed by atoms with Crippen LogP contribution in [0, 0.1) is 13.8 Å². The Bertz CT molecular complexity index is 1250. The predicted molar refractivity (Wildman–Crippen MR) is 145 cm³/mol. The Hall–Kier alpha value is -3.61. The molecule has 0 saturated carbocycles. The molecule has 0 unspecified atom stereocenters. The molecule has 0 radical (unpaired) electrons. The van der Waals surface area contributed by atoms with Crippen LogP contribution in [-0.2, 0) is 4.79 Å². The van der Waals surface area contributed by atoms with E-state index in [0.717, 1.165) is 49.8 Å². The fraction of sp³-hybridized carbons (Fsp3) is 0.172. The number of methoxy groups -OCH3 is 1. The molecular formula is C29H29N3O2S. The van der Waals surface area contributed by atoms with Gasteiger partial charge >= 0.3 is 0 Å². The summed E-state index contributed by atoms with van der Waals surface area (Å²) in [5.41, 5.74) is 7.34. The number of anilines is 1. The third-order valence-electron chi connectivity index (χ3n) is 5.65. The van der Waals surface area contributed by atoms with E-state index in [1.807, 2.05) is 54.6 Å². The molecule has 178 valence electrons. The molecule has 4 aromatic rings. The fourth-order valence-electron chi connectivity index (χ4n) is 3.81. The number of rotatable bonds is 9. The Morgan fingerprint density at radius 2 is 1.51 bits per heavy atom. The van der Waals surface area contributed by atoms with E-state index in [0.29, 0.717) is 13.0 Å². The van der Waals surface area contributed by atoms with Gasteiger partial charge in [-0.05, 0) is 84.4 Å². The summed E-state index contributed by atoms with van der Waals surface area (Å²) in [6.45, 7) is 4.69. The number of benzene rings is 3. The van der Waals surface area contributed by atoms with Crippen LogP contribution in [0.5, 0.6) is 5.75 Å². The summed E-state index contributed by atoms with van der Waals surface area (Å²) in [6, 6.07) is 26.2. The lowest BCUT2D eigenvalue weighted by Gasteiger charge is -2.12. The first-order chi connectivity index (χ1) is 17.0. The topological polar surface area (TPSA) is 63.2 Å². The number of hydrogen-bond acceptors (Lipinski definition) is 5. The molecule has 0 aliphatic carbocycles. The number of amides is 1. The molecule has 4 rings (SSSR count). The quantitative estimate of drug-likeness (QED) is 0.206. The van der Waals surface area contributed by atoms with E-state index in [4.69, 9.17) is 4.74 Å². The largest absolute Gasteiger partial charge is 0.497 e. The van der Waals surface area contributed by atoms with Crippen LogP contribution >= 0.6 is 11.9 Å². The lowest BCUT2D eigenvalue weighted by molar-refractivity contribution is -0.116. The zero-order chi connectivity index (χ0) is 24.6. The van der Waals surface area contributed by atoms with Gasteiger partial charge in [-0.1, -0.05) is 42.5 Å². The van der Waals surface area contributed by atoms with Crippen LogP contribution in [0.3, 0.4) is 0 Å². The highest BCUT2D eigenvalue weighted by molar-refractivity contribution is 7.97. The van der Waals surface area contributed by atoms with Gasteiger partial charge in [0.05, 0.1) is 12.8 Å². The highest BCUT2D eigenvalue weighted by Gasteiger charge is 2.08. The number of nitrogens with one attached hydrogen (secondary N) is 2. The lowest BCUT2D eigenvalue weighted by atomic mass is 10.0. The van der Waals surface area contributed by atoms with Crippen molar-refractivity contribution in [2.24, 2.45) is 0 Å². The van der Waals surface area contributed by atoms with Gasteiger partial charge in [-0.15, -0.1) is 0 Å². The maximum atomic E-state index is 12.4. The molecule has 1 heterocycles. The van der Waals surface area contributed by atoms with E-state index in [9.17, 15) is 4.79 Å². The summed E-state index contributed by atoms with van der Waals surface area (Å²) < 4.78 is 8.61. The van der Waals surface area contributed by atoms with Crippen molar-refractivity contribution in [2.75, 3.05) is 19.0 Å². The molecule has 0 saturated heterocycles. The van der Waals surface area contributed by atoms with Crippen molar-refractivity contribution in [3.63, 3.8) is 0 Å². The van der Waals surface area contributed by atoms with Crippen molar-refractivity contribution in [3.05, 3.63) is 96.2 Å². The smallest absolute Gasteiger partial charge is 0.225 e. The van der Waals surface area contributed by atoms with Gasteiger partial charge in [0.1, 0.15) is 5.75 Å². The summed E-state index contributed by atoms with van der Waals surface area (Å²) in [5.74, 6) is 0.838. The van der Waals surface area contributed by atoms with Crippen molar-refractivity contribution in [1.82, 2.24) is 9.71 Å². The zero-order valence-electron chi connectivity index (χ0n) is 20.2. The average Bonchev–Trinajstić information content (AvgIpc) is 2.88. The van der Waals surface area contributed by atoms with Crippen molar-refractivity contribution in [1.29, 1.82) is 0 Å². The number of nitrogens with zero attached hydrogens (tertiary/aromatic N) is 1. The van der Waals surface area contributed by atoms with Crippen LogP contribution in [0.15, 0.2) is 90.0 Å². The van der Waals surface area contributed by atoms with Crippen molar-refractivity contribution in [3.8, 4) is 28.1 Å². The van der Waals surface area contributed by atoms with Crippen LogP contribution in [0.4, 0.5) is 5.69 Å². The maximum Gasteiger partial charge on any atom is 0.225 e. The van der Waals surface area contributed by atoms with Gasteiger partial charge in [0.2, 0.25) is 5.91 Å². The van der Waals surface area contributed by atoms with Gasteiger partial charge in [0.15, 0.2) is 0 Å². The Morgan fingerprint density at radius 1 is 0.886 bits per heavy atom. The van der Waals surface area contributed by atoms with Gasteiger partial charge in [-0.3, -0.25) is 14.5 Å².